The predicted octanol–water partition coefficient (Wildman–Crippen LogP) is 1.48. The second-order valence-corrected chi connectivity index (χ2v) is 8.69. The number of carbonyl (C=O) groups is 1. The molecule has 13 heteroatoms. The molecule has 0 unspecified atom stereocenters. The number of anilines is 4. The summed E-state index contributed by atoms with van der Waals surface area (Å²) < 4.78 is 1.42. The summed E-state index contributed by atoms with van der Waals surface area (Å²) in [5.74, 6) is 0.378. The number of piperazine rings is 1. The molecule has 0 bridgehead atoms. The van der Waals surface area contributed by atoms with E-state index in [4.69, 9.17) is 16.7 Å². The normalized spacial score (nSPS) is 15.5. The Kier molecular flexibility index (Phi) is 5.99. The molecular weight excluding hydrogens is 472 g/mol. The van der Waals surface area contributed by atoms with Gasteiger partial charge >= 0.3 is 0 Å². The Morgan fingerprint density at radius 2 is 1.97 bits per heavy atom. The van der Waals surface area contributed by atoms with Crippen LogP contribution in [0.25, 0.3) is 5.65 Å². The van der Waals surface area contributed by atoms with E-state index in [1.807, 2.05) is 4.90 Å². The third-order valence-corrected chi connectivity index (χ3v) is 6.33. The molecule has 1 amide bonds. The fraction of sp³-hybridized carbons (Fsp3) is 0.364. The van der Waals surface area contributed by atoms with Gasteiger partial charge in [-0.15, -0.1) is 5.10 Å². The number of amides is 1. The van der Waals surface area contributed by atoms with Crippen molar-refractivity contribution in [1.82, 2.24) is 24.5 Å². The number of nitriles is 2. The number of benzene rings is 1. The fourth-order valence-corrected chi connectivity index (χ4v) is 4.22. The summed E-state index contributed by atoms with van der Waals surface area (Å²) in [5, 5.41) is 39.4. The summed E-state index contributed by atoms with van der Waals surface area (Å²) in [5.41, 5.74) is 2.18. The third kappa shape index (κ3) is 4.49. The second-order valence-electron chi connectivity index (χ2n) is 8.31. The monoisotopic (exact) mass is 492 g/mol. The molecule has 2 aliphatic rings. The van der Waals surface area contributed by atoms with Crippen molar-refractivity contribution < 1.29 is 9.90 Å². The van der Waals surface area contributed by atoms with Crippen molar-refractivity contribution in [2.75, 3.05) is 48.3 Å². The van der Waals surface area contributed by atoms with Crippen LogP contribution >= 0.6 is 11.6 Å². The van der Waals surface area contributed by atoms with Crippen molar-refractivity contribution >= 4 is 46.3 Å². The van der Waals surface area contributed by atoms with Crippen molar-refractivity contribution in [3.63, 3.8) is 0 Å². The van der Waals surface area contributed by atoms with E-state index in [0.717, 1.165) is 12.8 Å². The van der Waals surface area contributed by atoms with Crippen molar-refractivity contribution in [3.05, 3.63) is 34.6 Å². The van der Waals surface area contributed by atoms with Crippen molar-refractivity contribution in [2.45, 2.75) is 18.9 Å². The summed E-state index contributed by atoms with van der Waals surface area (Å²) in [7, 11) is 0. The van der Waals surface area contributed by atoms with E-state index in [1.165, 1.54) is 10.7 Å². The van der Waals surface area contributed by atoms with E-state index in [0.29, 0.717) is 65.6 Å². The smallest absolute Gasteiger partial charge is 0.248 e. The van der Waals surface area contributed by atoms with Crippen molar-refractivity contribution in [2.24, 2.45) is 0 Å². The second kappa shape index (κ2) is 9.25. The molecule has 3 heterocycles. The van der Waals surface area contributed by atoms with Crippen LogP contribution < -0.4 is 15.5 Å². The maximum atomic E-state index is 11.8. The maximum absolute atomic E-state index is 11.8. The Labute approximate surface area is 205 Å². The number of carbonyl (C=O) groups excluding carboxylic acids is 1. The molecule has 2 fully saturated rings. The highest BCUT2D eigenvalue weighted by Gasteiger charge is 2.26. The average molecular weight is 493 g/mol. The zero-order valence-corrected chi connectivity index (χ0v) is 19.3. The molecule has 2 aromatic heterocycles. The number of hydrogen-bond acceptors (Lipinski definition) is 10. The van der Waals surface area contributed by atoms with Crippen LogP contribution in [0.5, 0.6) is 0 Å². The molecule has 178 valence electrons. The van der Waals surface area contributed by atoms with Crippen LogP contribution in [0.3, 0.4) is 0 Å². The van der Waals surface area contributed by atoms with Crippen LogP contribution in [0.2, 0.25) is 5.02 Å². The Balaban J connectivity index is 1.47. The predicted molar refractivity (Wildman–Crippen MR) is 127 cm³/mol. The van der Waals surface area contributed by atoms with Crippen molar-refractivity contribution in [3.8, 4) is 12.1 Å². The van der Waals surface area contributed by atoms with Gasteiger partial charge in [0, 0.05) is 32.2 Å². The van der Waals surface area contributed by atoms with Gasteiger partial charge in [-0.2, -0.15) is 20.0 Å². The van der Waals surface area contributed by atoms with Crippen LogP contribution in [0, 0.1) is 22.7 Å². The number of nitrogens with one attached hydrogen (secondary N) is 2. The van der Waals surface area contributed by atoms with E-state index in [-0.39, 0.29) is 17.5 Å². The molecule has 1 aromatic carbocycles. The lowest BCUT2D eigenvalue weighted by molar-refractivity contribution is -0.134. The van der Waals surface area contributed by atoms with E-state index in [1.54, 1.807) is 17.0 Å². The lowest BCUT2D eigenvalue weighted by Crippen LogP contribution is -2.49. The van der Waals surface area contributed by atoms with Gasteiger partial charge in [0.15, 0.2) is 17.2 Å². The maximum Gasteiger partial charge on any atom is 0.248 e. The molecule has 1 saturated carbocycles. The fourth-order valence-electron chi connectivity index (χ4n) is 3.94. The van der Waals surface area contributed by atoms with Gasteiger partial charge in [0.1, 0.15) is 12.7 Å². The summed E-state index contributed by atoms with van der Waals surface area (Å²) in [6, 6.07) is 7.83. The van der Waals surface area contributed by atoms with Crippen LogP contribution in [0.15, 0.2) is 18.3 Å². The highest BCUT2D eigenvalue weighted by atomic mass is 35.5. The van der Waals surface area contributed by atoms with Gasteiger partial charge in [0.25, 0.3) is 0 Å². The first-order chi connectivity index (χ1) is 17.0. The topological polar surface area (TPSA) is 158 Å². The van der Waals surface area contributed by atoms with Gasteiger partial charge in [-0.1, -0.05) is 11.6 Å². The van der Waals surface area contributed by atoms with Crippen molar-refractivity contribution in [1.29, 1.82) is 10.5 Å². The van der Waals surface area contributed by atoms with Gasteiger partial charge in [-0.3, -0.25) is 4.79 Å². The zero-order chi connectivity index (χ0) is 24.5. The molecule has 12 nitrogen and oxygen atoms in total. The van der Waals surface area contributed by atoms with E-state index in [9.17, 15) is 15.3 Å². The lowest BCUT2D eigenvalue weighted by atomic mass is 10.1. The number of aliphatic hydroxyl groups excluding tert-OH is 1. The number of halogens is 1. The van der Waals surface area contributed by atoms with Crippen LogP contribution in [-0.4, -0.2) is 74.3 Å². The lowest BCUT2D eigenvalue weighted by Gasteiger charge is -2.36. The summed E-state index contributed by atoms with van der Waals surface area (Å²) in [4.78, 5) is 24.2. The van der Waals surface area contributed by atoms with Crippen LogP contribution in [0.4, 0.5) is 23.1 Å². The molecule has 0 atom stereocenters. The molecule has 5 rings (SSSR count). The van der Waals surface area contributed by atoms with E-state index < -0.39 is 6.61 Å². The number of rotatable bonds is 6. The highest BCUT2D eigenvalue weighted by molar-refractivity contribution is 6.36. The van der Waals surface area contributed by atoms with Gasteiger partial charge < -0.3 is 25.5 Å². The molecular formula is C22H21ClN10O2. The molecule has 0 spiro atoms. The molecule has 1 aliphatic heterocycles. The largest absolute Gasteiger partial charge is 0.387 e. The Bertz CT molecular complexity index is 1380. The number of imidazole rings is 1. The first-order valence-corrected chi connectivity index (χ1v) is 11.4. The van der Waals surface area contributed by atoms with Crippen LogP contribution in [0.1, 0.15) is 24.1 Å². The summed E-state index contributed by atoms with van der Waals surface area (Å²) in [6.45, 7) is 1.34. The molecule has 3 N–H and O–H groups in total. The first-order valence-electron chi connectivity index (χ1n) is 11.1. The van der Waals surface area contributed by atoms with E-state index in [2.05, 4.69) is 37.8 Å². The molecule has 0 radical (unpaired) electrons. The number of nitrogens with zero attached hydrogens (tertiary/aromatic N) is 8. The minimum Gasteiger partial charge on any atom is -0.387 e. The number of aromatic nitrogens is 4. The number of aliphatic hydroxyl groups is 1. The quantitative estimate of drug-likeness (QED) is 0.460. The van der Waals surface area contributed by atoms with Gasteiger partial charge in [-0.25, -0.2) is 4.98 Å². The first kappa shape index (κ1) is 22.7. The highest BCUT2D eigenvalue weighted by Crippen LogP contribution is 2.36. The third-order valence-electron chi connectivity index (χ3n) is 5.93. The Morgan fingerprint density at radius 1 is 1.20 bits per heavy atom. The number of hydrogen-bond donors (Lipinski definition) is 3. The van der Waals surface area contributed by atoms with Gasteiger partial charge in [0.05, 0.1) is 34.2 Å². The Morgan fingerprint density at radius 3 is 2.63 bits per heavy atom. The van der Waals surface area contributed by atoms with Gasteiger partial charge in [-0.05, 0) is 25.0 Å². The summed E-state index contributed by atoms with van der Waals surface area (Å²) >= 11 is 6.76. The minimum absolute atomic E-state index is 0.191. The Hall–Kier alpha value is -4.13. The molecule has 1 aliphatic carbocycles. The molecule has 35 heavy (non-hydrogen) atoms. The zero-order valence-electron chi connectivity index (χ0n) is 18.6. The standard InChI is InChI=1S/C22H21ClN10O2/c23-19-16(7-13(9-24)8-17(19)31-3-5-32(6-4-31)18(35)12-34)28-22-29-20(27-14-1-2-14)21-26-11-15(10-25)33(21)30-22/h7-8,11,14,34H,1-6,12H2,(H2,27,28,29,30). The number of fused-ring (bicyclic) bond motifs is 1. The molecule has 1 saturated heterocycles. The molecule has 3 aromatic rings. The van der Waals surface area contributed by atoms with Crippen LogP contribution in [-0.2, 0) is 4.79 Å². The minimum atomic E-state index is -0.523. The summed E-state index contributed by atoms with van der Waals surface area (Å²) in [6.07, 6.45) is 3.50. The van der Waals surface area contributed by atoms with E-state index >= 15 is 0 Å². The SMILES string of the molecule is N#Cc1cc(Nc2nc(NC3CC3)c3ncc(C#N)n3n2)c(Cl)c(N2CCN(C(=O)CO)CC2)c1. The average Bonchev–Trinajstić information content (AvgIpc) is 3.60. The van der Waals surface area contributed by atoms with Gasteiger partial charge in [0.2, 0.25) is 11.9 Å².